The van der Waals surface area contributed by atoms with Gasteiger partial charge in [0.25, 0.3) is 0 Å². The second kappa shape index (κ2) is 8.17. The van der Waals surface area contributed by atoms with Crippen LogP contribution in [0, 0.1) is 5.82 Å². The first-order valence-corrected chi connectivity index (χ1v) is 9.32. The summed E-state index contributed by atoms with van der Waals surface area (Å²) in [6, 6.07) is 12.4. The summed E-state index contributed by atoms with van der Waals surface area (Å²) < 4.78 is 24.8. The van der Waals surface area contributed by atoms with Crippen LogP contribution in [0.25, 0.3) is 5.57 Å². The number of methoxy groups -OCH3 is 1. The van der Waals surface area contributed by atoms with Crippen LogP contribution in [0.3, 0.4) is 0 Å². The van der Waals surface area contributed by atoms with Gasteiger partial charge in [0.15, 0.2) is 11.5 Å². The average Bonchev–Trinajstić information content (AvgIpc) is 2.94. The minimum Gasteiger partial charge on any atom is -0.493 e. The van der Waals surface area contributed by atoms with Crippen molar-refractivity contribution in [2.45, 2.75) is 19.4 Å². The van der Waals surface area contributed by atoms with Crippen LogP contribution in [-0.2, 0) is 6.61 Å². The van der Waals surface area contributed by atoms with Gasteiger partial charge in [0.05, 0.1) is 7.11 Å². The number of nitrogens with zero attached hydrogens (tertiary/aromatic N) is 1. The molecule has 0 fully saturated rings. The van der Waals surface area contributed by atoms with Gasteiger partial charge in [0.2, 0.25) is 0 Å². The molecule has 0 aromatic heterocycles. The molecule has 0 saturated carbocycles. The van der Waals surface area contributed by atoms with Crippen LogP contribution in [0.5, 0.6) is 11.5 Å². The van der Waals surface area contributed by atoms with Crippen molar-refractivity contribution in [2.75, 3.05) is 7.11 Å². The van der Waals surface area contributed by atoms with Gasteiger partial charge < -0.3 is 14.4 Å². The van der Waals surface area contributed by atoms with Crippen LogP contribution < -0.4 is 9.47 Å². The zero-order chi connectivity index (χ0) is 19.3. The Labute approximate surface area is 164 Å². The first-order chi connectivity index (χ1) is 13.7. The highest BCUT2D eigenvalue weighted by Gasteiger charge is 2.14. The van der Waals surface area contributed by atoms with Gasteiger partial charge in [-0.3, -0.25) is 0 Å². The third-order valence-corrected chi connectivity index (χ3v) is 4.80. The van der Waals surface area contributed by atoms with Gasteiger partial charge in [-0.2, -0.15) is 0 Å². The van der Waals surface area contributed by atoms with Gasteiger partial charge in [0.1, 0.15) is 12.4 Å². The maximum absolute atomic E-state index is 13.3. The largest absolute Gasteiger partial charge is 0.493 e. The number of allylic oxidation sites excluding steroid dienone is 5. The van der Waals surface area contributed by atoms with Crippen LogP contribution in [0.15, 0.2) is 84.9 Å². The van der Waals surface area contributed by atoms with E-state index in [9.17, 15) is 4.39 Å². The van der Waals surface area contributed by atoms with Crippen LogP contribution in [0.2, 0.25) is 0 Å². The number of hydrogen-bond acceptors (Lipinski definition) is 3. The third kappa shape index (κ3) is 4.01. The van der Waals surface area contributed by atoms with Crippen LogP contribution in [-0.4, -0.2) is 12.0 Å². The number of fused-ring (bicyclic) bond motifs is 1. The van der Waals surface area contributed by atoms with Crippen molar-refractivity contribution in [1.29, 1.82) is 0 Å². The van der Waals surface area contributed by atoms with Crippen molar-refractivity contribution >= 4 is 5.57 Å². The summed E-state index contributed by atoms with van der Waals surface area (Å²) in [6.07, 6.45) is 14.6. The molecule has 2 aromatic rings. The third-order valence-electron chi connectivity index (χ3n) is 4.80. The molecule has 0 aliphatic carbocycles. The lowest BCUT2D eigenvalue weighted by molar-refractivity contribution is 0.284. The predicted octanol–water partition coefficient (Wildman–Crippen LogP) is 5.82. The lowest BCUT2D eigenvalue weighted by atomic mass is 10.0. The predicted molar refractivity (Wildman–Crippen MR) is 109 cm³/mol. The molecule has 4 heteroatoms. The number of halogens is 1. The lowest BCUT2D eigenvalue weighted by Gasteiger charge is -2.19. The van der Waals surface area contributed by atoms with Crippen LogP contribution in [0.4, 0.5) is 4.39 Å². The molecule has 28 heavy (non-hydrogen) atoms. The van der Waals surface area contributed by atoms with E-state index in [2.05, 4.69) is 35.5 Å². The Hall–Kier alpha value is -3.27. The second-order valence-corrected chi connectivity index (χ2v) is 6.71. The molecule has 0 saturated heterocycles. The van der Waals surface area contributed by atoms with E-state index < -0.39 is 0 Å². The first-order valence-electron chi connectivity index (χ1n) is 9.32. The van der Waals surface area contributed by atoms with Crippen LogP contribution in [0.1, 0.15) is 24.0 Å². The van der Waals surface area contributed by atoms with Gasteiger partial charge in [0, 0.05) is 18.1 Å². The Morgan fingerprint density at radius 2 is 2.00 bits per heavy atom. The molecule has 0 N–H and O–H groups in total. The highest BCUT2D eigenvalue weighted by molar-refractivity contribution is 5.69. The zero-order valence-corrected chi connectivity index (χ0v) is 15.8. The number of ether oxygens (including phenoxy) is 2. The van der Waals surface area contributed by atoms with Gasteiger partial charge in [-0.1, -0.05) is 30.4 Å². The van der Waals surface area contributed by atoms with Gasteiger partial charge in [-0.15, -0.1) is 0 Å². The van der Waals surface area contributed by atoms with Crippen molar-refractivity contribution in [3.05, 3.63) is 102 Å². The van der Waals surface area contributed by atoms with E-state index >= 15 is 0 Å². The molecule has 0 amide bonds. The maximum atomic E-state index is 13.3. The number of rotatable bonds is 5. The van der Waals surface area contributed by atoms with Gasteiger partial charge in [-0.05, 0) is 66.0 Å². The minimum atomic E-state index is -0.265. The topological polar surface area (TPSA) is 21.7 Å². The van der Waals surface area contributed by atoms with E-state index in [0.29, 0.717) is 11.5 Å². The van der Waals surface area contributed by atoms with E-state index in [1.807, 2.05) is 30.3 Å². The zero-order valence-electron chi connectivity index (χ0n) is 15.8. The molecule has 2 aliphatic heterocycles. The van der Waals surface area contributed by atoms with Crippen molar-refractivity contribution < 1.29 is 13.9 Å². The van der Waals surface area contributed by atoms with E-state index in [1.54, 1.807) is 13.2 Å². The van der Waals surface area contributed by atoms with E-state index in [-0.39, 0.29) is 12.4 Å². The van der Waals surface area contributed by atoms with E-state index in [1.165, 1.54) is 23.4 Å². The SMILES string of the molecule is COc1cc(C2=CN3C=CC=CC3=CCC2)ccc1OCc1cccc(F)c1. The molecule has 2 aliphatic rings. The fourth-order valence-corrected chi connectivity index (χ4v) is 3.36. The molecule has 0 spiro atoms. The van der Waals surface area contributed by atoms with Crippen molar-refractivity contribution in [3.8, 4) is 11.5 Å². The molecule has 0 bridgehead atoms. The van der Waals surface area contributed by atoms with Gasteiger partial charge >= 0.3 is 0 Å². The summed E-state index contributed by atoms with van der Waals surface area (Å²) in [5, 5.41) is 0. The molecular weight excluding hydrogens is 353 g/mol. The Morgan fingerprint density at radius 1 is 1.07 bits per heavy atom. The van der Waals surface area contributed by atoms with E-state index in [4.69, 9.17) is 9.47 Å². The summed E-state index contributed by atoms with van der Waals surface area (Å²) in [4.78, 5) is 2.14. The summed E-state index contributed by atoms with van der Waals surface area (Å²) >= 11 is 0. The van der Waals surface area contributed by atoms with E-state index in [0.717, 1.165) is 24.0 Å². The molecular formula is C24H22FNO2. The monoisotopic (exact) mass is 375 g/mol. The summed E-state index contributed by atoms with van der Waals surface area (Å²) in [5.41, 5.74) is 4.31. The quantitative estimate of drug-likeness (QED) is 0.657. The highest BCUT2D eigenvalue weighted by Crippen LogP contribution is 2.34. The normalized spacial score (nSPS) is 15.4. The molecule has 0 atom stereocenters. The molecule has 3 nitrogen and oxygen atoms in total. The summed E-state index contributed by atoms with van der Waals surface area (Å²) in [6.45, 7) is 0.286. The Bertz CT molecular complexity index is 988. The molecule has 142 valence electrons. The summed E-state index contributed by atoms with van der Waals surface area (Å²) in [7, 11) is 1.63. The lowest BCUT2D eigenvalue weighted by Crippen LogP contribution is -2.09. The summed E-state index contributed by atoms with van der Waals surface area (Å²) in [5.74, 6) is 1.05. The first kappa shape index (κ1) is 18.1. The Kier molecular flexibility index (Phi) is 5.29. The van der Waals surface area contributed by atoms with Crippen molar-refractivity contribution in [3.63, 3.8) is 0 Å². The molecule has 2 aromatic carbocycles. The highest BCUT2D eigenvalue weighted by atomic mass is 19.1. The Morgan fingerprint density at radius 3 is 2.86 bits per heavy atom. The molecule has 4 rings (SSSR count). The fraction of sp³-hybridized carbons (Fsp3) is 0.167. The average molecular weight is 375 g/mol. The van der Waals surface area contributed by atoms with Crippen LogP contribution >= 0.6 is 0 Å². The van der Waals surface area contributed by atoms with Crippen molar-refractivity contribution in [2.24, 2.45) is 0 Å². The second-order valence-electron chi connectivity index (χ2n) is 6.71. The maximum Gasteiger partial charge on any atom is 0.161 e. The van der Waals surface area contributed by atoms with Gasteiger partial charge in [-0.25, -0.2) is 4.39 Å². The molecule has 2 heterocycles. The number of benzene rings is 2. The standard InChI is InChI=1S/C24H22FNO2/c1-27-24-15-19(20-7-5-10-22-9-2-3-13-26(22)16-20)11-12-23(24)28-17-18-6-4-8-21(25)14-18/h2-4,6,8-16H,5,7,17H2,1H3. The van der Waals surface area contributed by atoms with Crippen molar-refractivity contribution in [1.82, 2.24) is 4.90 Å². The number of hydrogen-bond donors (Lipinski definition) is 0. The Balaban J connectivity index is 1.54. The molecule has 0 unspecified atom stereocenters. The minimum absolute atomic E-state index is 0.265. The fourth-order valence-electron chi connectivity index (χ4n) is 3.36. The smallest absolute Gasteiger partial charge is 0.161 e. The molecule has 0 radical (unpaired) electrons.